The SMILES string of the molecule is CCC(C(=O)c1ccccc1)c1nc2ccc(Cl)cc2[nH]c1=O. The average Bonchev–Trinajstić information content (AvgIpc) is 2.56. The Morgan fingerprint density at radius 1 is 1.22 bits per heavy atom. The number of aromatic nitrogens is 2. The number of hydrogen-bond donors (Lipinski definition) is 1. The van der Waals surface area contributed by atoms with Crippen molar-refractivity contribution in [2.24, 2.45) is 0 Å². The van der Waals surface area contributed by atoms with Crippen LogP contribution in [0.25, 0.3) is 11.0 Å². The third-order valence-corrected chi connectivity index (χ3v) is 4.03. The molecule has 2 aromatic carbocycles. The van der Waals surface area contributed by atoms with Gasteiger partial charge in [-0.2, -0.15) is 0 Å². The molecule has 1 N–H and O–H groups in total. The molecule has 23 heavy (non-hydrogen) atoms. The van der Waals surface area contributed by atoms with Gasteiger partial charge in [0, 0.05) is 10.6 Å². The van der Waals surface area contributed by atoms with Crippen LogP contribution in [0.5, 0.6) is 0 Å². The van der Waals surface area contributed by atoms with Crippen LogP contribution in [0.1, 0.15) is 35.3 Å². The zero-order valence-electron chi connectivity index (χ0n) is 12.5. The number of halogens is 1. The van der Waals surface area contributed by atoms with Crippen LogP contribution in [-0.4, -0.2) is 15.8 Å². The number of ketones is 1. The fourth-order valence-corrected chi connectivity index (χ4v) is 2.79. The number of rotatable bonds is 4. The molecule has 1 aromatic heterocycles. The van der Waals surface area contributed by atoms with Gasteiger partial charge in [0.2, 0.25) is 0 Å². The Bertz CT molecular complexity index is 919. The van der Waals surface area contributed by atoms with Gasteiger partial charge in [0.15, 0.2) is 5.78 Å². The van der Waals surface area contributed by atoms with Crippen molar-refractivity contribution >= 4 is 28.4 Å². The molecule has 1 unspecified atom stereocenters. The van der Waals surface area contributed by atoms with Gasteiger partial charge in [-0.15, -0.1) is 0 Å². The van der Waals surface area contributed by atoms with Crippen LogP contribution in [-0.2, 0) is 0 Å². The average molecular weight is 327 g/mol. The molecule has 0 saturated heterocycles. The number of Topliss-reactive ketones (excluding diaryl/α,β-unsaturated/α-hetero) is 1. The molecule has 0 aliphatic rings. The van der Waals surface area contributed by atoms with Crippen LogP contribution in [0, 0.1) is 0 Å². The summed E-state index contributed by atoms with van der Waals surface area (Å²) in [5, 5.41) is 0.523. The molecule has 4 nitrogen and oxygen atoms in total. The highest BCUT2D eigenvalue weighted by Crippen LogP contribution is 2.22. The molecule has 0 fully saturated rings. The monoisotopic (exact) mass is 326 g/mol. The van der Waals surface area contributed by atoms with Crippen molar-refractivity contribution in [3.8, 4) is 0 Å². The van der Waals surface area contributed by atoms with Gasteiger partial charge in [-0.05, 0) is 24.6 Å². The zero-order valence-corrected chi connectivity index (χ0v) is 13.3. The molecule has 0 aliphatic heterocycles. The number of nitrogens with zero attached hydrogens (tertiary/aromatic N) is 1. The molecule has 5 heteroatoms. The van der Waals surface area contributed by atoms with Gasteiger partial charge in [0.05, 0.1) is 17.0 Å². The Kier molecular flexibility index (Phi) is 4.26. The Hall–Kier alpha value is -2.46. The van der Waals surface area contributed by atoms with Crippen molar-refractivity contribution in [1.29, 1.82) is 0 Å². The molecule has 0 saturated carbocycles. The molecule has 0 radical (unpaired) electrons. The highest BCUT2D eigenvalue weighted by molar-refractivity contribution is 6.31. The van der Waals surface area contributed by atoms with Crippen LogP contribution in [0.4, 0.5) is 0 Å². The minimum Gasteiger partial charge on any atom is -0.319 e. The van der Waals surface area contributed by atoms with Crippen molar-refractivity contribution < 1.29 is 4.79 Å². The lowest BCUT2D eigenvalue weighted by atomic mass is 9.92. The smallest absolute Gasteiger partial charge is 0.270 e. The number of H-pyrrole nitrogens is 1. The van der Waals surface area contributed by atoms with Gasteiger partial charge in [0.25, 0.3) is 5.56 Å². The lowest BCUT2D eigenvalue weighted by Gasteiger charge is -2.13. The summed E-state index contributed by atoms with van der Waals surface area (Å²) in [6, 6.07) is 14.0. The van der Waals surface area contributed by atoms with E-state index in [0.29, 0.717) is 28.0 Å². The predicted octanol–water partition coefficient (Wildman–Crippen LogP) is 3.95. The van der Waals surface area contributed by atoms with Crippen molar-refractivity contribution in [2.45, 2.75) is 19.3 Å². The van der Waals surface area contributed by atoms with E-state index in [4.69, 9.17) is 11.6 Å². The second kappa shape index (κ2) is 6.34. The summed E-state index contributed by atoms with van der Waals surface area (Å²) >= 11 is 5.93. The van der Waals surface area contributed by atoms with Gasteiger partial charge in [0.1, 0.15) is 5.69 Å². The van der Waals surface area contributed by atoms with Crippen LogP contribution in [0.3, 0.4) is 0 Å². The van der Waals surface area contributed by atoms with Gasteiger partial charge in [-0.3, -0.25) is 9.59 Å². The van der Waals surface area contributed by atoms with Crippen LogP contribution < -0.4 is 5.56 Å². The first kappa shape index (κ1) is 15.4. The van der Waals surface area contributed by atoms with Crippen LogP contribution in [0.15, 0.2) is 53.3 Å². The van der Waals surface area contributed by atoms with Crippen molar-refractivity contribution in [1.82, 2.24) is 9.97 Å². The first-order chi connectivity index (χ1) is 11.1. The van der Waals surface area contributed by atoms with E-state index in [9.17, 15) is 9.59 Å². The van der Waals surface area contributed by atoms with E-state index in [1.54, 1.807) is 42.5 Å². The first-order valence-corrected chi connectivity index (χ1v) is 7.76. The van der Waals surface area contributed by atoms with E-state index in [1.807, 2.05) is 13.0 Å². The fourth-order valence-electron chi connectivity index (χ4n) is 2.62. The number of hydrogen-bond acceptors (Lipinski definition) is 3. The van der Waals surface area contributed by atoms with Crippen LogP contribution >= 0.6 is 11.6 Å². The standard InChI is InChI=1S/C18H15ClN2O2/c1-2-13(17(22)11-6-4-3-5-7-11)16-18(23)21-15-10-12(19)8-9-14(15)20-16/h3-10,13H,2H2,1H3,(H,21,23). The van der Waals surface area contributed by atoms with Crippen molar-refractivity contribution in [3.63, 3.8) is 0 Å². The van der Waals surface area contributed by atoms with Gasteiger partial charge in [-0.1, -0.05) is 48.9 Å². The summed E-state index contributed by atoms with van der Waals surface area (Å²) in [7, 11) is 0. The summed E-state index contributed by atoms with van der Waals surface area (Å²) in [4.78, 5) is 32.2. The number of carbonyl (C=O) groups excluding carboxylic acids is 1. The Morgan fingerprint density at radius 2 is 1.96 bits per heavy atom. The highest BCUT2D eigenvalue weighted by Gasteiger charge is 2.24. The van der Waals surface area contributed by atoms with Gasteiger partial charge >= 0.3 is 0 Å². The maximum Gasteiger partial charge on any atom is 0.270 e. The lowest BCUT2D eigenvalue weighted by Crippen LogP contribution is -2.24. The number of fused-ring (bicyclic) bond motifs is 1. The van der Waals surface area contributed by atoms with Crippen LogP contribution in [0.2, 0.25) is 5.02 Å². The number of benzene rings is 2. The zero-order chi connectivity index (χ0) is 16.4. The number of aromatic amines is 1. The molecule has 0 amide bonds. The maximum atomic E-state index is 12.7. The molecule has 0 spiro atoms. The third kappa shape index (κ3) is 3.03. The molecular formula is C18H15ClN2O2. The summed E-state index contributed by atoms with van der Waals surface area (Å²) < 4.78 is 0. The van der Waals surface area contributed by atoms with E-state index in [2.05, 4.69) is 9.97 Å². The fraction of sp³-hybridized carbons (Fsp3) is 0.167. The lowest BCUT2D eigenvalue weighted by molar-refractivity contribution is 0.0955. The quantitative estimate of drug-likeness (QED) is 0.738. The summed E-state index contributed by atoms with van der Waals surface area (Å²) in [5.41, 5.74) is 1.65. The van der Waals surface area contributed by atoms with E-state index in [1.165, 1.54) is 0 Å². The molecule has 0 bridgehead atoms. The number of carbonyl (C=O) groups is 1. The maximum absolute atomic E-state index is 12.7. The van der Waals surface area contributed by atoms with Gasteiger partial charge in [-0.25, -0.2) is 4.98 Å². The summed E-state index contributed by atoms with van der Waals surface area (Å²) in [5.74, 6) is -0.666. The first-order valence-electron chi connectivity index (χ1n) is 7.39. The Balaban J connectivity index is 2.09. The molecule has 116 valence electrons. The van der Waals surface area contributed by atoms with E-state index >= 15 is 0 Å². The molecule has 3 aromatic rings. The molecule has 1 heterocycles. The molecule has 1 atom stereocenters. The second-order valence-electron chi connectivity index (χ2n) is 5.30. The Morgan fingerprint density at radius 3 is 2.65 bits per heavy atom. The van der Waals surface area contributed by atoms with Gasteiger partial charge < -0.3 is 4.98 Å². The van der Waals surface area contributed by atoms with Crippen molar-refractivity contribution in [2.75, 3.05) is 0 Å². The molecule has 0 aliphatic carbocycles. The third-order valence-electron chi connectivity index (χ3n) is 3.79. The Labute approximate surface area is 138 Å². The largest absolute Gasteiger partial charge is 0.319 e. The minimum absolute atomic E-state index is 0.0978. The summed E-state index contributed by atoms with van der Waals surface area (Å²) in [6.07, 6.45) is 0.503. The molecule has 3 rings (SSSR count). The predicted molar refractivity (Wildman–Crippen MR) is 91.2 cm³/mol. The van der Waals surface area contributed by atoms with E-state index in [0.717, 1.165) is 0 Å². The second-order valence-corrected chi connectivity index (χ2v) is 5.74. The normalized spacial score (nSPS) is 12.3. The minimum atomic E-state index is -0.568. The van der Waals surface area contributed by atoms with Crippen molar-refractivity contribution in [3.05, 3.63) is 75.2 Å². The summed E-state index contributed by atoms with van der Waals surface area (Å²) in [6.45, 7) is 1.87. The number of nitrogens with one attached hydrogen (secondary N) is 1. The van der Waals surface area contributed by atoms with E-state index < -0.39 is 5.92 Å². The topological polar surface area (TPSA) is 62.8 Å². The van der Waals surface area contributed by atoms with E-state index in [-0.39, 0.29) is 17.0 Å². The molecular weight excluding hydrogens is 312 g/mol. The highest BCUT2D eigenvalue weighted by atomic mass is 35.5.